The lowest BCUT2D eigenvalue weighted by atomic mass is 10.0. The highest BCUT2D eigenvalue weighted by molar-refractivity contribution is 5.51. The average molecular weight is 285 g/mol. The van der Waals surface area contributed by atoms with E-state index in [0.29, 0.717) is 5.92 Å². The summed E-state index contributed by atoms with van der Waals surface area (Å²) in [7, 11) is 0. The number of aromatic nitrogens is 2. The van der Waals surface area contributed by atoms with Crippen molar-refractivity contribution in [2.75, 3.05) is 29.5 Å². The van der Waals surface area contributed by atoms with Crippen molar-refractivity contribution in [2.45, 2.75) is 26.2 Å². The second kappa shape index (κ2) is 7.47. The van der Waals surface area contributed by atoms with Gasteiger partial charge in [-0.15, -0.1) is 0 Å². The first-order valence-corrected chi connectivity index (χ1v) is 7.36. The molecule has 4 N–H and O–H groups in total. The molecule has 0 amide bonds. The molecule has 1 heterocycles. The van der Waals surface area contributed by atoms with Crippen LogP contribution in [0.1, 0.15) is 31.7 Å². The molecule has 2 rings (SSSR count). The zero-order valence-electron chi connectivity index (χ0n) is 12.6. The molecule has 5 nitrogen and oxygen atoms in total. The van der Waals surface area contributed by atoms with E-state index in [-0.39, 0.29) is 5.95 Å². The predicted octanol–water partition coefficient (Wildman–Crippen LogP) is 3.10. The number of nitrogens with zero attached hydrogens (tertiary/aromatic N) is 2. The number of nitrogens with one attached hydrogen (secondary N) is 2. The van der Waals surface area contributed by atoms with E-state index < -0.39 is 0 Å². The van der Waals surface area contributed by atoms with Gasteiger partial charge in [0.1, 0.15) is 11.6 Å². The third-order valence-electron chi connectivity index (χ3n) is 3.26. The normalized spacial score (nSPS) is 11.9. The SMILES string of the molecule is CCCNc1cc(NCC(C)c2ccccc2)nc(N)n1. The van der Waals surface area contributed by atoms with Gasteiger partial charge in [-0.25, -0.2) is 0 Å². The molecule has 1 atom stereocenters. The molecule has 0 aliphatic carbocycles. The lowest BCUT2D eigenvalue weighted by Gasteiger charge is -2.14. The van der Waals surface area contributed by atoms with Crippen LogP contribution in [0.5, 0.6) is 0 Å². The maximum Gasteiger partial charge on any atom is 0.223 e. The van der Waals surface area contributed by atoms with Crippen LogP contribution in [0.25, 0.3) is 0 Å². The standard InChI is InChI=1S/C16H23N5/c1-3-9-18-14-10-15(21-16(17)20-14)19-11-12(2)13-7-5-4-6-8-13/h4-8,10,12H,3,9,11H2,1-2H3,(H4,17,18,19,20,21). The molecule has 1 unspecified atom stereocenters. The summed E-state index contributed by atoms with van der Waals surface area (Å²) >= 11 is 0. The van der Waals surface area contributed by atoms with Crippen LogP contribution in [0.4, 0.5) is 17.6 Å². The van der Waals surface area contributed by atoms with Gasteiger partial charge < -0.3 is 16.4 Å². The first-order chi connectivity index (χ1) is 10.2. The molecule has 2 aromatic rings. The third kappa shape index (κ3) is 4.63. The number of nitrogen functional groups attached to an aromatic ring is 1. The highest BCUT2D eigenvalue weighted by atomic mass is 15.1. The fourth-order valence-corrected chi connectivity index (χ4v) is 2.06. The number of rotatable bonds is 7. The van der Waals surface area contributed by atoms with Crippen LogP contribution in [-0.2, 0) is 0 Å². The zero-order valence-corrected chi connectivity index (χ0v) is 12.6. The molecule has 0 radical (unpaired) electrons. The smallest absolute Gasteiger partial charge is 0.223 e. The molecule has 0 saturated carbocycles. The van der Waals surface area contributed by atoms with Crippen molar-refractivity contribution in [3.63, 3.8) is 0 Å². The molecule has 0 aliphatic heterocycles. The molecule has 5 heteroatoms. The van der Waals surface area contributed by atoms with Crippen molar-refractivity contribution < 1.29 is 0 Å². The number of nitrogens with two attached hydrogens (primary N) is 1. The lowest BCUT2D eigenvalue weighted by Crippen LogP contribution is -2.13. The second-order valence-electron chi connectivity index (χ2n) is 5.12. The molecular weight excluding hydrogens is 262 g/mol. The Morgan fingerprint density at radius 3 is 2.43 bits per heavy atom. The lowest BCUT2D eigenvalue weighted by molar-refractivity contribution is 0.801. The highest BCUT2D eigenvalue weighted by Gasteiger charge is 2.06. The molecule has 1 aromatic heterocycles. The Morgan fingerprint density at radius 2 is 1.76 bits per heavy atom. The van der Waals surface area contributed by atoms with E-state index in [4.69, 9.17) is 5.73 Å². The van der Waals surface area contributed by atoms with Crippen LogP contribution in [-0.4, -0.2) is 23.1 Å². The summed E-state index contributed by atoms with van der Waals surface area (Å²) in [5, 5.41) is 6.55. The monoisotopic (exact) mass is 285 g/mol. The number of benzene rings is 1. The third-order valence-corrected chi connectivity index (χ3v) is 3.26. The molecule has 0 saturated heterocycles. The summed E-state index contributed by atoms with van der Waals surface area (Å²) in [6.45, 7) is 5.96. The van der Waals surface area contributed by atoms with Crippen LogP contribution in [0, 0.1) is 0 Å². The fraction of sp³-hybridized carbons (Fsp3) is 0.375. The van der Waals surface area contributed by atoms with Gasteiger partial charge in [-0.05, 0) is 17.9 Å². The summed E-state index contributed by atoms with van der Waals surface area (Å²) in [5.41, 5.74) is 7.05. The Kier molecular flexibility index (Phi) is 5.37. The summed E-state index contributed by atoms with van der Waals surface area (Å²) < 4.78 is 0. The Balaban J connectivity index is 1.97. The largest absolute Gasteiger partial charge is 0.370 e. The topological polar surface area (TPSA) is 75.9 Å². The maximum atomic E-state index is 5.75. The summed E-state index contributed by atoms with van der Waals surface area (Å²) in [6.07, 6.45) is 1.04. The van der Waals surface area contributed by atoms with Crippen LogP contribution in [0.2, 0.25) is 0 Å². The van der Waals surface area contributed by atoms with Gasteiger partial charge in [-0.2, -0.15) is 9.97 Å². The van der Waals surface area contributed by atoms with Gasteiger partial charge in [0.15, 0.2) is 0 Å². The zero-order chi connectivity index (χ0) is 15.1. The molecule has 21 heavy (non-hydrogen) atoms. The maximum absolute atomic E-state index is 5.75. The minimum atomic E-state index is 0.283. The number of anilines is 3. The predicted molar refractivity (Wildman–Crippen MR) is 88.6 cm³/mol. The van der Waals surface area contributed by atoms with E-state index in [9.17, 15) is 0 Å². The van der Waals surface area contributed by atoms with E-state index in [2.05, 4.69) is 58.7 Å². The fourth-order valence-electron chi connectivity index (χ4n) is 2.06. The highest BCUT2D eigenvalue weighted by Crippen LogP contribution is 2.17. The summed E-state index contributed by atoms with van der Waals surface area (Å²) in [6, 6.07) is 12.3. The van der Waals surface area contributed by atoms with E-state index in [1.54, 1.807) is 0 Å². The van der Waals surface area contributed by atoms with Gasteiger partial charge in [0.2, 0.25) is 5.95 Å². The first kappa shape index (κ1) is 15.1. The van der Waals surface area contributed by atoms with Gasteiger partial charge in [0.25, 0.3) is 0 Å². The van der Waals surface area contributed by atoms with E-state index in [1.165, 1.54) is 5.56 Å². The van der Waals surface area contributed by atoms with Gasteiger partial charge in [-0.3, -0.25) is 0 Å². The van der Waals surface area contributed by atoms with Gasteiger partial charge in [0.05, 0.1) is 0 Å². The molecule has 0 fully saturated rings. The second-order valence-corrected chi connectivity index (χ2v) is 5.12. The van der Waals surface area contributed by atoms with Crippen molar-refractivity contribution in [3.8, 4) is 0 Å². The van der Waals surface area contributed by atoms with Crippen molar-refractivity contribution in [3.05, 3.63) is 42.0 Å². The minimum absolute atomic E-state index is 0.283. The van der Waals surface area contributed by atoms with E-state index in [1.807, 2.05) is 12.1 Å². The minimum Gasteiger partial charge on any atom is -0.370 e. The van der Waals surface area contributed by atoms with Gasteiger partial charge in [0, 0.05) is 19.2 Å². The average Bonchev–Trinajstić information content (AvgIpc) is 2.51. The molecule has 0 spiro atoms. The van der Waals surface area contributed by atoms with Crippen LogP contribution >= 0.6 is 0 Å². The quantitative estimate of drug-likeness (QED) is 0.729. The van der Waals surface area contributed by atoms with Gasteiger partial charge in [-0.1, -0.05) is 44.2 Å². The number of hydrogen-bond donors (Lipinski definition) is 3. The Bertz CT molecular complexity index is 556. The summed E-state index contributed by atoms with van der Waals surface area (Å²) in [5.74, 6) is 2.20. The van der Waals surface area contributed by atoms with Crippen molar-refractivity contribution >= 4 is 17.6 Å². The molecule has 1 aromatic carbocycles. The Hall–Kier alpha value is -2.30. The molecule has 0 bridgehead atoms. The van der Waals surface area contributed by atoms with Crippen molar-refractivity contribution in [1.29, 1.82) is 0 Å². The summed E-state index contributed by atoms with van der Waals surface area (Å²) in [4.78, 5) is 8.40. The van der Waals surface area contributed by atoms with Crippen LogP contribution in [0.3, 0.4) is 0 Å². The van der Waals surface area contributed by atoms with Crippen molar-refractivity contribution in [1.82, 2.24) is 9.97 Å². The Morgan fingerprint density at radius 1 is 1.10 bits per heavy atom. The van der Waals surface area contributed by atoms with Crippen LogP contribution in [0.15, 0.2) is 36.4 Å². The van der Waals surface area contributed by atoms with Gasteiger partial charge >= 0.3 is 0 Å². The number of hydrogen-bond acceptors (Lipinski definition) is 5. The Labute approximate surface area is 126 Å². The van der Waals surface area contributed by atoms with E-state index >= 15 is 0 Å². The molecule has 112 valence electrons. The molecule has 0 aliphatic rings. The van der Waals surface area contributed by atoms with Crippen molar-refractivity contribution in [2.24, 2.45) is 0 Å². The van der Waals surface area contributed by atoms with Crippen LogP contribution < -0.4 is 16.4 Å². The van der Waals surface area contributed by atoms with E-state index in [0.717, 1.165) is 31.1 Å². The first-order valence-electron chi connectivity index (χ1n) is 7.36. The molecular formula is C16H23N5.